The van der Waals surface area contributed by atoms with Gasteiger partial charge in [0.2, 0.25) is 0 Å². The zero-order valence-electron chi connectivity index (χ0n) is 15.3. The van der Waals surface area contributed by atoms with Gasteiger partial charge in [-0.15, -0.1) is 0 Å². The first kappa shape index (κ1) is 17.4. The minimum Gasteiger partial charge on any atom is -0.258 e. The van der Waals surface area contributed by atoms with Crippen LogP contribution < -0.4 is 0 Å². The molecule has 1 heterocycles. The van der Waals surface area contributed by atoms with E-state index in [9.17, 15) is 0 Å². The van der Waals surface area contributed by atoms with Gasteiger partial charge in [-0.25, -0.2) is 0 Å². The van der Waals surface area contributed by atoms with Crippen LogP contribution in [-0.4, -0.2) is 4.98 Å². The van der Waals surface area contributed by atoms with Gasteiger partial charge in [-0.2, -0.15) is 0 Å². The molecule has 0 aliphatic carbocycles. The second-order valence-electron chi connectivity index (χ2n) is 6.91. The van der Waals surface area contributed by atoms with Gasteiger partial charge in [0.1, 0.15) is 0 Å². The number of nitrogens with zero attached hydrogens (tertiary/aromatic N) is 1. The van der Waals surface area contributed by atoms with Crippen LogP contribution in [0.15, 0.2) is 66.7 Å². The summed E-state index contributed by atoms with van der Waals surface area (Å²) in [7, 11) is 0. The third kappa shape index (κ3) is 5.29. The Morgan fingerprint density at radius 1 is 0.720 bits per heavy atom. The number of pyridine rings is 1. The van der Waals surface area contributed by atoms with Gasteiger partial charge in [-0.3, -0.25) is 4.98 Å². The normalized spacial score (nSPS) is 10.8. The standard InChI is InChI=1S/C24H27N/c1-19-9-8-13-22(17-19)18-24-16-15-23(20(2)25-24)14-7-6-12-21-10-4-3-5-11-21/h3-5,8-11,13,15-17H,6-7,12,14,18H2,1-2H3. The van der Waals surface area contributed by atoms with E-state index in [1.165, 1.54) is 47.2 Å². The molecule has 0 bridgehead atoms. The number of unbranched alkanes of at least 4 members (excludes halogenated alkanes) is 1. The van der Waals surface area contributed by atoms with Crippen LogP contribution in [-0.2, 0) is 19.3 Å². The fourth-order valence-electron chi connectivity index (χ4n) is 3.33. The third-order valence-electron chi connectivity index (χ3n) is 4.73. The van der Waals surface area contributed by atoms with Crippen molar-refractivity contribution in [1.29, 1.82) is 0 Å². The lowest BCUT2D eigenvalue weighted by Crippen LogP contribution is -1.99. The molecule has 0 N–H and O–H groups in total. The number of hydrogen-bond donors (Lipinski definition) is 0. The largest absolute Gasteiger partial charge is 0.258 e. The molecule has 25 heavy (non-hydrogen) atoms. The van der Waals surface area contributed by atoms with E-state index < -0.39 is 0 Å². The molecular formula is C24H27N. The van der Waals surface area contributed by atoms with Crippen molar-refractivity contribution in [1.82, 2.24) is 4.98 Å². The number of aryl methyl sites for hydroxylation is 4. The molecule has 2 aromatic carbocycles. The Balaban J connectivity index is 1.53. The highest BCUT2D eigenvalue weighted by Crippen LogP contribution is 2.15. The van der Waals surface area contributed by atoms with Gasteiger partial charge >= 0.3 is 0 Å². The molecule has 0 unspecified atom stereocenters. The maximum absolute atomic E-state index is 4.83. The van der Waals surface area contributed by atoms with Crippen molar-refractivity contribution in [2.75, 3.05) is 0 Å². The first-order valence-corrected chi connectivity index (χ1v) is 9.25. The van der Waals surface area contributed by atoms with Crippen LogP contribution in [0.25, 0.3) is 0 Å². The summed E-state index contributed by atoms with van der Waals surface area (Å²) in [5.74, 6) is 0. The molecule has 0 saturated carbocycles. The molecule has 0 aliphatic rings. The smallest absolute Gasteiger partial charge is 0.0450 e. The number of aromatic nitrogens is 1. The van der Waals surface area contributed by atoms with E-state index >= 15 is 0 Å². The summed E-state index contributed by atoms with van der Waals surface area (Å²) in [6.45, 7) is 4.28. The monoisotopic (exact) mass is 329 g/mol. The van der Waals surface area contributed by atoms with Crippen molar-refractivity contribution in [3.05, 3.63) is 100 Å². The maximum atomic E-state index is 4.83. The predicted octanol–water partition coefficient (Wildman–Crippen LogP) is 5.85. The quantitative estimate of drug-likeness (QED) is 0.495. The Morgan fingerprint density at radius 3 is 2.24 bits per heavy atom. The first-order valence-electron chi connectivity index (χ1n) is 9.25. The van der Waals surface area contributed by atoms with Crippen molar-refractivity contribution >= 4 is 0 Å². The topological polar surface area (TPSA) is 12.9 Å². The molecule has 0 atom stereocenters. The van der Waals surface area contributed by atoms with Gasteiger partial charge < -0.3 is 0 Å². The van der Waals surface area contributed by atoms with E-state index in [0.717, 1.165) is 18.5 Å². The summed E-state index contributed by atoms with van der Waals surface area (Å²) in [5, 5.41) is 0. The molecule has 0 fully saturated rings. The lowest BCUT2D eigenvalue weighted by molar-refractivity contribution is 0.728. The number of rotatable bonds is 7. The summed E-state index contributed by atoms with van der Waals surface area (Å²) >= 11 is 0. The average molecular weight is 329 g/mol. The molecule has 1 aromatic heterocycles. The Hall–Kier alpha value is -2.41. The summed E-state index contributed by atoms with van der Waals surface area (Å²) in [6, 6.07) is 23.9. The zero-order valence-corrected chi connectivity index (χ0v) is 15.3. The molecule has 1 heteroatoms. The Kier molecular flexibility index (Phi) is 6.00. The van der Waals surface area contributed by atoms with E-state index in [0.29, 0.717) is 0 Å². The van der Waals surface area contributed by atoms with Crippen molar-refractivity contribution in [3.63, 3.8) is 0 Å². The summed E-state index contributed by atoms with van der Waals surface area (Å²) in [4.78, 5) is 4.83. The first-order chi connectivity index (χ1) is 12.2. The second kappa shape index (κ2) is 8.62. The van der Waals surface area contributed by atoms with Crippen molar-refractivity contribution < 1.29 is 0 Å². The summed E-state index contributed by atoms with van der Waals surface area (Å²) < 4.78 is 0. The van der Waals surface area contributed by atoms with E-state index in [1.54, 1.807) is 0 Å². The minimum atomic E-state index is 0.913. The number of hydrogen-bond acceptors (Lipinski definition) is 1. The van der Waals surface area contributed by atoms with Crippen LogP contribution >= 0.6 is 0 Å². The fraction of sp³-hybridized carbons (Fsp3) is 0.292. The van der Waals surface area contributed by atoms with Gasteiger partial charge in [-0.1, -0.05) is 66.2 Å². The molecule has 3 rings (SSSR count). The molecule has 0 saturated heterocycles. The highest BCUT2D eigenvalue weighted by molar-refractivity contribution is 5.29. The lowest BCUT2D eigenvalue weighted by atomic mass is 10.0. The zero-order chi connectivity index (χ0) is 17.5. The predicted molar refractivity (Wildman–Crippen MR) is 106 cm³/mol. The summed E-state index contributed by atoms with van der Waals surface area (Å²) in [6.07, 6.45) is 5.65. The van der Waals surface area contributed by atoms with Gasteiger partial charge in [0.15, 0.2) is 0 Å². The number of benzene rings is 2. The molecule has 3 aromatic rings. The van der Waals surface area contributed by atoms with E-state index in [2.05, 4.69) is 80.6 Å². The molecule has 0 aliphatic heterocycles. The molecule has 1 nitrogen and oxygen atoms in total. The Morgan fingerprint density at radius 2 is 1.48 bits per heavy atom. The van der Waals surface area contributed by atoms with Crippen LogP contribution in [0.4, 0.5) is 0 Å². The second-order valence-corrected chi connectivity index (χ2v) is 6.91. The minimum absolute atomic E-state index is 0.913. The Bertz CT molecular complexity index is 805. The van der Waals surface area contributed by atoms with E-state index in [4.69, 9.17) is 4.98 Å². The van der Waals surface area contributed by atoms with E-state index in [1.807, 2.05) is 0 Å². The van der Waals surface area contributed by atoms with E-state index in [-0.39, 0.29) is 0 Å². The van der Waals surface area contributed by atoms with Gasteiger partial charge in [-0.05, 0) is 62.3 Å². The highest BCUT2D eigenvalue weighted by Gasteiger charge is 2.04. The van der Waals surface area contributed by atoms with Crippen LogP contribution in [0.2, 0.25) is 0 Å². The van der Waals surface area contributed by atoms with Gasteiger partial charge in [0.05, 0.1) is 0 Å². The maximum Gasteiger partial charge on any atom is 0.0450 e. The van der Waals surface area contributed by atoms with Crippen LogP contribution in [0, 0.1) is 13.8 Å². The fourth-order valence-corrected chi connectivity index (χ4v) is 3.33. The molecule has 0 spiro atoms. The van der Waals surface area contributed by atoms with Gasteiger partial charge in [0.25, 0.3) is 0 Å². The van der Waals surface area contributed by atoms with Crippen LogP contribution in [0.5, 0.6) is 0 Å². The Labute approximate surface area is 151 Å². The molecule has 128 valence electrons. The third-order valence-corrected chi connectivity index (χ3v) is 4.73. The molecule has 0 radical (unpaired) electrons. The van der Waals surface area contributed by atoms with Crippen molar-refractivity contribution in [2.45, 2.75) is 46.0 Å². The highest BCUT2D eigenvalue weighted by atomic mass is 14.7. The molecule has 0 amide bonds. The van der Waals surface area contributed by atoms with Crippen molar-refractivity contribution in [3.8, 4) is 0 Å². The lowest BCUT2D eigenvalue weighted by Gasteiger charge is -2.09. The summed E-state index contributed by atoms with van der Waals surface area (Å²) in [5.41, 5.74) is 7.82. The van der Waals surface area contributed by atoms with Crippen molar-refractivity contribution in [2.24, 2.45) is 0 Å². The van der Waals surface area contributed by atoms with Crippen LogP contribution in [0.1, 0.15) is 46.5 Å². The van der Waals surface area contributed by atoms with Crippen LogP contribution in [0.3, 0.4) is 0 Å². The van der Waals surface area contributed by atoms with Gasteiger partial charge in [0, 0.05) is 17.8 Å². The molecular weight excluding hydrogens is 302 g/mol. The SMILES string of the molecule is Cc1cccc(Cc2ccc(CCCCc3ccccc3)c(C)n2)c1. The average Bonchev–Trinajstić information content (AvgIpc) is 2.61.